The molecule has 0 unspecified atom stereocenters. The van der Waals surface area contributed by atoms with Gasteiger partial charge in [0.1, 0.15) is 0 Å². The van der Waals surface area contributed by atoms with E-state index in [1.807, 2.05) is 13.8 Å². The molecule has 133 valence electrons. The van der Waals surface area contributed by atoms with Gasteiger partial charge in [0, 0.05) is 0 Å². The van der Waals surface area contributed by atoms with Crippen LogP contribution in [0.15, 0.2) is 4.99 Å². The van der Waals surface area contributed by atoms with Crippen LogP contribution in [0.25, 0.3) is 0 Å². The van der Waals surface area contributed by atoms with Crippen molar-refractivity contribution in [1.82, 2.24) is 10.6 Å². The quantitative estimate of drug-likeness (QED) is 0.223. The van der Waals surface area contributed by atoms with Crippen molar-refractivity contribution < 1.29 is 19.1 Å². The van der Waals surface area contributed by atoms with E-state index in [-0.39, 0.29) is 5.97 Å². The summed E-state index contributed by atoms with van der Waals surface area (Å²) in [6.45, 7) is 10.2. The van der Waals surface area contributed by atoms with Gasteiger partial charge in [-0.2, -0.15) is 0 Å². The Morgan fingerprint density at radius 2 is 1.87 bits per heavy atom. The van der Waals surface area contributed by atoms with Crippen molar-refractivity contribution in [3.63, 3.8) is 0 Å². The Bertz CT molecular complexity index is 419. The van der Waals surface area contributed by atoms with Crippen molar-refractivity contribution in [2.45, 2.75) is 52.7 Å². The van der Waals surface area contributed by atoms with Crippen LogP contribution in [-0.2, 0) is 14.3 Å². The Hall–Kier alpha value is -1.27. The SMILES string of the molecule is COC(=O)[C@H](CC(C)C)NC([Se])=NCCNC(=O)OC(C)(C)C. The molecule has 7 nitrogen and oxygen atoms in total. The van der Waals surface area contributed by atoms with Gasteiger partial charge in [-0.25, -0.2) is 0 Å². The molecule has 0 spiro atoms. The number of amides is 1. The van der Waals surface area contributed by atoms with Crippen molar-refractivity contribution >= 4 is 32.8 Å². The van der Waals surface area contributed by atoms with E-state index in [1.165, 1.54) is 7.11 Å². The summed E-state index contributed by atoms with van der Waals surface area (Å²) in [5, 5.41) is 5.61. The van der Waals surface area contributed by atoms with Crippen LogP contribution in [0.2, 0.25) is 0 Å². The first kappa shape index (κ1) is 21.7. The molecule has 0 aliphatic rings. The van der Waals surface area contributed by atoms with Crippen LogP contribution in [0.3, 0.4) is 0 Å². The van der Waals surface area contributed by atoms with Crippen molar-refractivity contribution in [1.29, 1.82) is 0 Å². The molecular weight excluding hydrogens is 365 g/mol. The third-order valence-corrected chi connectivity index (χ3v) is 3.04. The zero-order valence-electron chi connectivity index (χ0n) is 14.8. The summed E-state index contributed by atoms with van der Waals surface area (Å²) in [5.41, 5.74) is -0.525. The summed E-state index contributed by atoms with van der Waals surface area (Å²) in [6, 6.07) is -0.446. The zero-order valence-corrected chi connectivity index (χ0v) is 16.5. The second-order valence-electron chi connectivity index (χ2n) is 6.47. The molecule has 0 aliphatic heterocycles. The second kappa shape index (κ2) is 10.5. The first-order valence-electron chi connectivity index (χ1n) is 7.57. The van der Waals surface area contributed by atoms with E-state index in [0.717, 1.165) is 0 Å². The first-order valence-corrected chi connectivity index (χ1v) is 8.43. The number of nitrogens with one attached hydrogen (secondary N) is 2. The van der Waals surface area contributed by atoms with Crippen LogP contribution < -0.4 is 10.6 Å². The third-order valence-electron chi connectivity index (χ3n) is 2.53. The maximum atomic E-state index is 11.7. The number of aliphatic imine (C=N–C) groups is 1. The molecule has 0 saturated carbocycles. The van der Waals surface area contributed by atoms with Crippen LogP contribution in [0, 0.1) is 5.92 Å². The molecule has 0 aromatic carbocycles. The molecule has 1 amide bonds. The molecule has 0 bridgehead atoms. The van der Waals surface area contributed by atoms with Crippen LogP contribution in [0.1, 0.15) is 41.0 Å². The first-order chi connectivity index (χ1) is 10.5. The Kier molecular flexibility index (Phi) is 9.91. The average molecular weight is 393 g/mol. The second-order valence-corrected chi connectivity index (χ2v) is 7.28. The molecule has 8 heteroatoms. The van der Waals surface area contributed by atoms with Gasteiger partial charge in [0.15, 0.2) is 0 Å². The summed E-state index contributed by atoms with van der Waals surface area (Å²) in [5.74, 6) is 0.0155. The van der Waals surface area contributed by atoms with Gasteiger partial charge in [-0.05, 0) is 0 Å². The number of nitrogens with zero attached hydrogens (tertiary/aromatic N) is 1. The number of alkyl carbamates (subject to hydrolysis) is 1. The number of amidine groups is 1. The fourth-order valence-corrected chi connectivity index (χ4v) is 2.14. The number of carbonyl (C=O) groups excluding carboxylic acids is 2. The maximum absolute atomic E-state index is 11.7. The monoisotopic (exact) mass is 394 g/mol. The molecule has 0 aliphatic carbocycles. The Morgan fingerprint density at radius 1 is 1.26 bits per heavy atom. The topological polar surface area (TPSA) is 89.0 Å². The summed E-state index contributed by atoms with van der Waals surface area (Å²) >= 11 is 2.77. The fraction of sp³-hybridized carbons (Fsp3) is 0.800. The molecule has 0 fully saturated rings. The number of rotatable bonds is 7. The molecule has 0 heterocycles. The van der Waals surface area contributed by atoms with E-state index in [4.69, 9.17) is 9.47 Å². The van der Waals surface area contributed by atoms with Gasteiger partial charge in [0.25, 0.3) is 0 Å². The van der Waals surface area contributed by atoms with Gasteiger partial charge in [-0.3, -0.25) is 0 Å². The van der Waals surface area contributed by atoms with Crippen molar-refractivity contribution in [3.05, 3.63) is 0 Å². The van der Waals surface area contributed by atoms with E-state index in [1.54, 1.807) is 20.8 Å². The molecule has 1 radical (unpaired) electrons. The van der Waals surface area contributed by atoms with Crippen LogP contribution in [0.4, 0.5) is 4.79 Å². The van der Waals surface area contributed by atoms with Crippen molar-refractivity contribution in [2.75, 3.05) is 20.2 Å². The van der Waals surface area contributed by atoms with E-state index < -0.39 is 17.7 Å². The number of carbonyl (C=O) groups is 2. The molecule has 0 rings (SSSR count). The number of methoxy groups -OCH3 is 1. The van der Waals surface area contributed by atoms with Gasteiger partial charge in [-0.15, -0.1) is 0 Å². The minimum absolute atomic E-state index is 0.325. The third kappa shape index (κ3) is 11.9. The number of hydrogen-bond donors (Lipinski definition) is 2. The van der Waals surface area contributed by atoms with Crippen LogP contribution in [0.5, 0.6) is 0 Å². The van der Waals surface area contributed by atoms with Gasteiger partial charge >= 0.3 is 146 Å². The van der Waals surface area contributed by atoms with E-state index in [2.05, 4.69) is 31.6 Å². The van der Waals surface area contributed by atoms with Gasteiger partial charge in [0.05, 0.1) is 0 Å². The molecular formula is C15H28N3O4Se. The summed E-state index contributed by atoms with van der Waals surface area (Å²) in [7, 11) is 1.36. The minimum atomic E-state index is -0.525. The Balaban J connectivity index is 4.27. The number of hydrogen-bond acceptors (Lipinski definition) is 5. The van der Waals surface area contributed by atoms with Crippen molar-refractivity contribution in [3.8, 4) is 0 Å². The Labute approximate surface area is 146 Å². The molecule has 0 aromatic rings. The Morgan fingerprint density at radius 3 is 2.35 bits per heavy atom. The molecule has 0 saturated heterocycles. The zero-order chi connectivity index (χ0) is 18.0. The number of esters is 1. The fourth-order valence-electron chi connectivity index (χ4n) is 1.65. The van der Waals surface area contributed by atoms with Gasteiger partial charge in [0.2, 0.25) is 0 Å². The normalized spacial score (nSPS) is 13.4. The van der Waals surface area contributed by atoms with Gasteiger partial charge in [-0.1, -0.05) is 0 Å². The van der Waals surface area contributed by atoms with Crippen LogP contribution in [-0.4, -0.2) is 64.7 Å². The van der Waals surface area contributed by atoms with Crippen molar-refractivity contribution in [2.24, 2.45) is 10.9 Å². The molecule has 23 heavy (non-hydrogen) atoms. The summed E-state index contributed by atoms with van der Waals surface area (Å²) < 4.78 is 10.4. The number of ether oxygens (including phenoxy) is 2. The predicted molar refractivity (Wildman–Crippen MR) is 90.7 cm³/mol. The summed E-state index contributed by atoms with van der Waals surface area (Å²) in [4.78, 5) is 27.4. The summed E-state index contributed by atoms with van der Waals surface area (Å²) in [6.07, 6.45) is 0.165. The van der Waals surface area contributed by atoms with Gasteiger partial charge < -0.3 is 0 Å². The van der Waals surface area contributed by atoms with E-state index >= 15 is 0 Å². The van der Waals surface area contributed by atoms with E-state index in [0.29, 0.717) is 30.2 Å². The van der Waals surface area contributed by atoms with Crippen LogP contribution >= 0.6 is 0 Å². The molecule has 0 aromatic heterocycles. The van der Waals surface area contributed by atoms with E-state index in [9.17, 15) is 9.59 Å². The standard InChI is InChI=1S/C15H28N3O4Se/c1-10(2)9-11(12(19)21-6)18-13(23)16-7-8-17-14(20)22-15(3,4)5/h10-11H,7-9H2,1-6H3,(H,16,18)(H,17,20)/t11-/m0/s1. The molecule has 1 atom stereocenters. The molecule has 2 N–H and O–H groups in total. The predicted octanol–water partition coefficient (Wildman–Crippen LogP) is 1.21. The average Bonchev–Trinajstić information content (AvgIpc) is 2.39.